The Morgan fingerprint density at radius 1 is 0.565 bits per heavy atom. The van der Waals surface area contributed by atoms with E-state index in [1.807, 2.05) is 14.2 Å². The van der Waals surface area contributed by atoms with E-state index in [1.54, 1.807) is 0 Å². The van der Waals surface area contributed by atoms with Crippen LogP contribution >= 0.6 is 0 Å². The van der Waals surface area contributed by atoms with E-state index >= 15 is 0 Å². The van der Waals surface area contributed by atoms with Crippen LogP contribution in [-0.4, -0.2) is 22.8 Å². The molecule has 8 atom stereocenters. The summed E-state index contributed by atoms with van der Waals surface area (Å²) in [6.45, 7) is 14.7. The zero-order chi connectivity index (χ0) is 17.4. The molecule has 0 amide bonds. The summed E-state index contributed by atoms with van der Waals surface area (Å²) in [7, 11) is 1.68. The van der Waals surface area contributed by atoms with E-state index in [4.69, 9.17) is 8.85 Å². The van der Waals surface area contributed by atoms with E-state index in [9.17, 15) is 0 Å². The van der Waals surface area contributed by atoms with Gasteiger partial charge in [0.2, 0.25) is 0 Å². The second-order valence-electron chi connectivity index (χ2n) is 8.89. The van der Waals surface area contributed by atoms with Gasteiger partial charge in [0.05, 0.1) is 0 Å². The topological polar surface area (TPSA) is 18.5 Å². The zero-order valence-corrected chi connectivity index (χ0v) is 17.8. The molecular formula is C20H40O2Si. The monoisotopic (exact) mass is 340 g/mol. The van der Waals surface area contributed by atoms with Gasteiger partial charge in [0, 0.05) is 25.3 Å². The third-order valence-electron chi connectivity index (χ3n) is 8.26. The van der Waals surface area contributed by atoms with Gasteiger partial charge in [-0.05, 0) is 48.3 Å². The summed E-state index contributed by atoms with van der Waals surface area (Å²) in [6.07, 6.45) is 5.27. The first-order chi connectivity index (χ1) is 10.8. The average Bonchev–Trinajstić information content (AvgIpc) is 2.55. The minimum Gasteiger partial charge on any atom is -0.397 e. The van der Waals surface area contributed by atoms with Crippen LogP contribution in [0.4, 0.5) is 0 Å². The summed E-state index contributed by atoms with van der Waals surface area (Å²) in [5.41, 5.74) is 1.30. The highest BCUT2D eigenvalue weighted by Crippen LogP contribution is 2.56. The van der Waals surface area contributed by atoms with Gasteiger partial charge in [-0.1, -0.05) is 54.4 Å². The average molecular weight is 341 g/mol. The van der Waals surface area contributed by atoms with Gasteiger partial charge in [-0.15, -0.1) is 0 Å². The molecule has 23 heavy (non-hydrogen) atoms. The van der Waals surface area contributed by atoms with Gasteiger partial charge in [0.15, 0.2) is 0 Å². The second kappa shape index (κ2) is 7.57. The van der Waals surface area contributed by atoms with Gasteiger partial charge in [-0.3, -0.25) is 0 Å². The van der Waals surface area contributed by atoms with Crippen molar-refractivity contribution in [2.75, 3.05) is 14.2 Å². The molecule has 0 aliphatic heterocycles. The molecule has 0 radical (unpaired) electrons. The van der Waals surface area contributed by atoms with Crippen molar-refractivity contribution in [1.29, 1.82) is 0 Å². The van der Waals surface area contributed by atoms with Crippen molar-refractivity contribution in [2.45, 2.75) is 78.3 Å². The summed E-state index contributed by atoms with van der Waals surface area (Å²) < 4.78 is 12.8. The molecule has 0 saturated heterocycles. The Kier molecular flexibility index (Phi) is 6.41. The highest BCUT2D eigenvalue weighted by atomic mass is 28.4. The molecule has 2 nitrogen and oxygen atoms in total. The Morgan fingerprint density at radius 2 is 0.913 bits per heavy atom. The van der Waals surface area contributed by atoms with Crippen molar-refractivity contribution in [3.8, 4) is 0 Å². The Morgan fingerprint density at radius 3 is 1.22 bits per heavy atom. The quantitative estimate of drug-likeness (QED) is 0.596. The van der Waals surface area contributed by atoms with Crippen LogP contribution in [0.1, 0.15) is 67.2 Å². The summed E-state index contributed by atoms with van der Waals surface area (Å²) in [4.78, 5) is 0. The van der Waals surface area contributed by atoms with E-state index in [-0.39, 0.29) is 0 Å². The van der Waals surface area contributed by atoms with Gasteiger partial charge < -0.3 is 8.85 Å². The van der Waals surface area contributed by atoms with Crippen LogP contribution in [0.5, 0.6) is 0 Å². The minimum absolute atomic E-state index is 0.650. The highest BCUT2D eigenvalue weighted by molar-refractivity contribution is 6.70. The summed E-state index contributed by atoms with van der Waals surface area (Å²) >= 11 is 0. The Labute approximate surface area is 146 Å². The van der Waals surface area contributed by atoms with Crippen molar-refractivity contribution in [3.05, 3.63) is 0 Å². The summed E-state index contributed by atoms with van der Waals surface area (Å²) in [5.74, 6) is 4.66. The molecule has 2 aliphatic rings. The molecule has 0 spiro atoms. The fraction of sp³-hybridized carbons (Fsp3) is 1.00. The molecular weight excluding hydrogens is 300 g/mol. The van der Waals surface area contributed by atoms with Crippen LogP contribution in [0.25, 0.3) is 0 Å². The standard InChI is InChI=1S/C20H40O2Si/c1-13-9-11-19(17(5)15(13)3)23(21-7,22-8)20-12-10-14(2)16(4)18(20)6/h13-20H,9-12H2,1-8H3. The molecule has 0 aromatic heterocycles. The molecule has 0 N–H and O–H groups in total. The van der Waals surface area contributed by atoms with Crippen molar-refractivity contribution < 1.29 is 8.85 Å². The lowest BCUT2D eigenvalue weighted by molar-refractivity contribution is 0.106. The maximum absolute atomic E-state index is 6.39. The predicted octanol–water partition coefficient (Wildman–Crippen LogP) is 5.87. The van der Waals surface area contributed by atoms with E-state index in [0.717, 1.165) is 23.7 Å². The predicted molar refractivity (Wildman–Crippen MR) is 101 cm³/mol. The smallest absolute Gasteiger partial charge is 0.344 e. The normalized spacial score (nSPS) is 45.9. The summed E-state index contributed by atoms with van der Waals surface area (Å²) in [5, 5.41) is 0. The fourth-order valence-electron chi connectivity index (χ4n) is 5.80. The molecule has 0 aromatic carbocycles. The highest BCUT2D eigenvalue weighted by Gasteiger charge is 2.57. The summed E-state index contributed by atoms with van der Waals surface area (Å²) in [6, 6.07) is 0. The first kappa shape index (κ1) is 19.5. The van der Waals surface area contributed by atoms with Crippen molar-refractivity contribution in [1.82, 2.24) is 0 Å². The lowest BCUT2D eigenvalue weighted by Gasteiger charge is -2.52. The molecule has 2 saturated carbocycles. The van der Waals surface area contributed by atoms with Gasteiger partial charge in [0.25, 0.3) is 0 Å². The van der Waals surface area contributed by atoms with Gasteiger partial charge >= 0.3 is 8.56 Å². The third-order valence-corrected chi connectivity index (χ3v) is 13.2. The third kappa shape index (κ3) is 3.30. The van der Waals surface area contributed by atoms with Crippen molar-refractivity contribution >= 4 is 8.56 Å². The van der Waals surface area contributed by atoms with E-state index < -0.39 is 8.56 Å². The largest absolute Gasteiger partial charge is 0.397 e. The van der Waals surface area contributed by atoms with Gasteiger partial charge in [-0.2, -0.15) is 0 Å². The Hall–Kier alpha value is 0.137. The number of rotatable bonds is 4. The lowest BCUT2D eigenvalue weighted by Crippen LogP contribution is -2.57. The molecule has 0 aromatic rings. The van der Waals surface area contributed by atoms with Crippen LogP contribution in [0.15, 0.2) is 0 Å². The van der Waals surface area contributed by atoms with E-state index in [1.165, 1.54) is 25.7 Å². The van der Waals surface area contributed by atoms with Gasteiger partial charge in [0.1, 0.15) is 0 Å². The SMILES string of the molecule is CO[Si](OC)(C1CCC(C)C(C)C1C)C1CCC(C)C(C)C1C. The molecule has 8 unspecified atom stereocenters. The number of hydrogen-bond acceptors (Lipinski definition) is 2. The van der Waals surface area contributed by atoms with Crippen molar-refractivity contribution in [3.63, 3.8) is 0 Å². The first-order valence-electron chi connectivity index (χ1n) is 9.90. The molecule has 3 heteroatoms. The van der Waals surface area contributed by atoms with Gasteiger partial charge in [-0.25, -0.2) is 0 Å². The first-order valence-corrected chi connectivity index (χ1v) is 11.9. The Balaban J connectivity index is 2.32. The molecule has 0 bridgehead atoms. The Bertz CT molecular complexity index is 350. The van der Waals surface area contributed by atoms with Crippen LogP contribution < -0.4 is 0 Å². The van der Waals surface area contributed by atoms with Crippen LogP contribution in [-0.2, 0) is 8.85 Å². The molecule has 2 fully saturated rings. The molecule has 2 aliphatic carbocycles. The number of hydrogen-bond donors (Lipinski definition) is 0. The fourth-order valence-corrected chi connectivity index (χ4v) is 10.9. The van der Waals surface area contributed by atoms with E-state index in [0.29, 0.717) is 22.9 Å². The molecule has 2 rings (SSSR count). The maximum Gasteiger partial charge on any atom is 0.344 e. The van der Waals surface area contributed by atoms with Crippen molar-refractivity contribution in [2.24, 2.45) is 35.5 Å². The van der Waals surface area contributed by atoms with E-state index in [2.05, 4.69) is 41.5 Å². The molecule has 0 heterocycles. The van der Waals surface area contributed by atoms with Crippen LogP contribution in [0.2, 0.25) is 11.1 Å². The minimum atomic E-state index is -2.21. The van der Waals surface area contributed by atoms with Crippen LogP contribution in [0, 0.1) is 35.5 Å². The zero-order valence-electron chi connectivity index (χ0n) is 16.8. The molecule has 136 valence electrons. The van der Waals surface area contributed by atoms with Crippen LogP contribution in [0.3, 0.4) is 0 Å². The second-order valence-corrected chi connectivity index (χ2v) is 12.6. The lowest BCUT2D eigenvalue weighted by atomic mass is 9.74. The maximum atomic E-state index is 6.39.